The molecule has 0 aromatic carbocycles. The van der Waals surface area contributed by atoms with Gasteiger partial charge in [-0.3, -0.25) is 9.59 Å². The summed E-state index contributed by atoms with van der Waals surface area (Å²) in [6.07, 6.45) is 6.73. The third-order valence-corrected chi connectivity index (χ3v) is 6.24. The number of hydrogen-bond donors (Lipinski definition) is 1. The van der Waals surface area contributed by atoms with E-state index < -0.39 is 5.41 Å². The van der Waals surface area contributed by atoms with Crippen molar-refractivity contribution in [2.75, 3.05) is 13.2 Å². The quantitative estimate of drug-likeness (QED) is 0.596. The number of amides is 1. The van der Waals surface area contributed by atoms with Crippen LogP contribution in [0.1, 0.15) is 58.8 Å². The van der Waals surface area contributed by atoms with E-state index in [1.54, 1.807) is 0 Å². The van der Waals surface area contributed by atoms with E-state index in [1.165, 1.54) is 6.42 Å². The summed E-state index contributed by atoms with van der Waals surface area (Å²) in [6, 6.07) is 0. The fourth-order valence-electron chi connectivity index (χ4n) is 5.23. The lowest BCUT2D eigenvalue weighted by molar-refractivity contribution is -0.171. The summed E-state index contributed by atoms with van der Waals surface area (Å²) < 4.78 is 5.38. The Balaban J connectivity index is 1.51. The van der Waals surface area contributed by atoms with Crippen LogP contribution in [0.3, 0.4) is 0 Å². The highest BCUT2D eigenvalue weighted by atomic mass is 35.5. The third-order valence-electron chi connectivity index (χ3n) is 5.80. The van der Waals surface area contributed by atoms with Gasteiger partial charge in [0.15, 0.2) is 6.61 Å². The first-order valence-electron chi connectivity index (χ1n) is 8.93. The van der Waals surface area contributed by atoms with Gasteiger partial charge in [-0.1, -0.05) is 13.8 Å². The second kappa shape index (κ2) is 6.27. The Morgan fingerprint density at radius 3 is 2.43 bits per heavy atom. The van der Waals surface area contributed by atoms with E-state index in [2.05, 4.69) is 19.2 Å². The van der Waals surface area contributed by atoms with Crippen molar-refractivity contribution in [3.63, 3.8) is 0 Å². The van der Waals surface area contributed by atoms with Crippen LogP contribution in [0.2, 0.25) is 0 Å². The summed E-state index contributed by atoms with van der Waals surface area (Å²) in [7, 11) is 0. The molecule has 0 aliphatic heterocycles. The summed E-state index contributed by atoms with van der Waals surface area (Å²) in [5.41, 5.74) is -0.427. The minimum atomic E-state index is -0.427. The van der Waals surface area contributed by atoms with Crippen molar-refractivity contribution in [3.05, 3.63) is 0 Å². The predicted molar refractivity (Wildman–Crippen MR) is 89.1 cm³/mol. The summed E-state index contributed by atoms with van der Waals surface area (Å²) in [4.78, 5) is 24.3. The number of ether oxygens (including phenoxy) is 1. The maximum Gasteiger partial charge on any atom is 0.312 e. The van der Waals surface area contributed by atoms with E-state index in [9.17, 15) is 9.59 Å². The van der Waals surface area contributed by atoms with Gasteiger partial charge in [-0.05, 0) is 62.7 Å². The van der Waals surface area contributed by atoms with Gasteiger partial charge in [-0.15, -0.1) is 11.6 Å². The Bertz CT molecular complexity index is 477. The van der Waals surface area contributed by atoms with Crippen LogP contribution in [0.15, 0.2) is 0 Å². The summed E-state index contributed by atoms with van der Waals surface area (Å²) >= 11 is 6.74. The van der Waals surface area contributed by atoms with Crippen molar-refractivity contribution in [2.45, 2.75) is 63.7 Å². The molecule has 1 N–H and O–H groups in total. The molecule has 0 saturated heterocycles. The molecule has 0 heterocycles. The van der Waals surface area contributed by atoms with Crippen molar-refractivity contribution < 1.29 is 14.3 Å². The SMILES string of the molecule is CC(C)CCNC(=O)COC(=O)C12CC3CC(CC(Cl)(C3)C1)C2. The van der Waals surface area contributed by atoms with Crippen LogP contribution < -0.4 is 5.32 Å². The highest BCUT2D eigenvalue weighted by Gasteiger charge is 2.60. The first-order chi connectivity index (χ1) is 10.8. The van der Waals surface area contributed by atoms with Gasteiger partial charge < -0.3 is 10.1 Å². The molecule has 5 heteroatoms. The molecule has 4 nitrogen and oxygen atoms in total. The van der Waals surface area contributed by atoms with Gasteiger partial charge in [-0.25, -0.2) is 0 Å². The Morgan fingerprint density at radius 1 is 1.22 bits per heavy atom. The minimum absolute atomic E-state index is 0.163. The van der Waals surface area contributed by atoms with Crippen molar-refractivity contribution in [1.29, 1.82) is 0 Å². The topological polar surface area (TPSA) is 55.4 Å². The largest absolute Gasteiger partial charge is 0.455 e. The first-order valence-corrected chi connectivity index (χ1v) is 9.31. The van der Waals surface area contributed by atoms with Crippen LogP contribution >= 0.6 is 11.6 Å². The zero-order valence-corrected chi connectivity index (χ0v) is 15.0. The summed E-state index contributed by atoms with van der Waals surface area (Å²) in [5.74, 6) is 1.26. The molecule has 130 valence electrons. The van der Waals surface area contributed by atoms with Gasteiger partial charge in [0.25, 0.3) is 5.91 Å². The molecule has 4 fully saturated rings. The molecule has 0 radical (unpaired) electrons. The molecular formula is C18H28ClNO3. The minimum Gasteiger partial charge on any atom is -0.455 e. The number of halogens is 1. The third kappa shape index (κ3) is 3.67. The van der Waals surface area contributed by atoms with Crippen LogP contribution in [0.5, 0.6) is 0 Å². The van der Waals surface area contributed by atoms with Crippen molar-refractivity contribution >= 4 is 23.5 Å². The van der Waals surface area contributed by atoms with Crippen LogP contribution in [0, 0.1) is 23.2 Å². The average Bonchev–Trinajstić information content (AvgIpc) is 2.41. The van der Waals surface area contributed by atoms with E-state index in [0.29, 0.717) is 24.3 Å². The molecule has 0 aromatic heterocycles. The lowest BCUT2D eigenvalue weighted by Gasteiger charge is -2.58. The maximum absolute atomic E-state index is 12.7. The van der Waals surface area contributed by atoms with Gasteiger partial charge in [0.1, 0.15) is 0 Å². The van der Waals surface area contributed by atoms with Gasteiger partial charge in [-0.2, -0.15) is 0 Å². The smallest absolute Gasteiger partial charge is 0.312 e. The predicted octanol–water partition coefficient (Wildman–Crippen LogP) is 3.27. The van der Waals surface area contributed by atoms with Gasteiger partial charge in [0.2, 0.25) is 0 Å². The highest BCUT2D eigenvalue weighted by molar-refractivity contribution is 6.24. The van der Waals surface area contributed by atoms with Crippen molar-refractivity contribution in [2.24, 2.45) is 23.2 Å². The van der Waals surface area contributed by atoms with Crippen molar-refractivity contribution in [3.8, 4) is 0 Å². The Kier molecular flexibility index (Phi) is 4.65. The molecule has 2 atom stereocenters. The molecule has 4 aliphatic carbocycles. The molecule has 23 heavy (non-hydrogen) atoms. The number of hydrogen-bond acceptors (Lipinski definition) is 3. The zero-order chi connectivity index (χ0) is 16.7. The van der Waals surface area contributed by atoms with Crippen LogP contribution in [0.25, 0.3) is 0 Å². The molecule has 0 spiro atoms. The fourth-order valence-corrected chi connectivity index (χ4v) is 5.92. The Labute approximate surface area is 143 Å². The molecular weight excluding hydrogens is 314 g/mol. The first kappa shape index (κ1) is 17.1. The van der Waals surface area contributed by atoms with Crippen molar-refractivity contribution in [1.82, 2.24) is 5.32 Å². The molecule has 4 bridgehead atoms. The Morgan fingerprint density at radius 2 is 1.87 bits per heavy atom. The van der Waals surface area contributed by atoms with E-state index in [1.807, 2.05) is 0 Å². The number of nitrogens with one attached hydrogen (secondary N) is 1. The molecule has 4 aliphatic rings. The van der Waals surface area contributed by atoms with Crippen LogP contribution in [-0.2, 0) is 14.3 Å². The molecule has 1 amide bonds. The zero-order valence-electron chi connectivity index (χ0n) is 14.2. The van der Waals surface area contributed by atoms with E-state index in [-0.39, 0.29) is 23.4 Å². The second-order valence-electron chi connectivity index (χ2n) is 8.50. The van der Waals surface area contributed by atoms with E-state index in [4.69, 9.17) is 16.3 Å². The second-order valence-corrected chi connectivity index (χ2v) is 9.30. The number of carbonyl (C=O) groups excluding carboxylic acids is 2. The molecule has 2 unspecified atom stereocenters. The monoisotopic (exact) mass is 341 g/mol. The molecule has 4 saturated carbocycles. The molecule has 0 aromatic rings. The fraction of sp³-hybridized carbons (Fsp3) is 0.889. The average molecular weight is 342 g/mol. The number of alkyl halides is 1. The van der Waals surface area contributed by atoms with E-state index in [0.717, 1.165) is 38.5 Å². The number of esters is 1. The standard InChI is InChI=1S/C18H28ClNO3/c1-12(2)3-4-20-15(21)10-23-16(22)17-6-13-5-14(7-17)9-18(19,8-13)11-17/h12-14H,3-11H2,1-2H3,(H,20,21). The highest BCUT2D eigenvalue weighted by Crippen LogP contribution is 2.64. The lowest BCUT2D eigenvalue weighted by atomic mass is 9.49. The molecule has 4 rings (SSSR count). The number of rotatable bonds is 6. The normalized spacial score (nSPS) is 37.9. The maximum atomic E-state index is 12.7. The Hall–Kier alpha value is -0.770. The van der Waals surface area contributed by atoms with Gasteiger partial charge >= 0.3 is 5.97 Å². The van der Waals surface area contributed by atoms with Gasteiger partial charge in [0.05, 0.1) is 5.41 Å². The summed E-state index contributed by atoms with van der Waals surface area (Å²) in [6.45, 7) is 4.69. The van der Waals surface area contributed by atoms with E-state index >= 15 is 0 Å². The van der Waals surface area contributed by atoms with Gasteiger partial charge in [0, 0.05) is 11.4 Å². The van der Waals surface area contributed by atoms with Crippen LogP contribution in [-0.4, -0.2) is 29.9 Å². The summed E-state index contributed by atoms with van der Waals surface area (Å²) in [5, 5.41) is 2.81. The number of carbonyl (C=O) groups is 2. The van der Waals surface area contributed by atoms with Crippen LogP contribution in [0.4, 0.5) is 0 Å². The lowest BCUT2D eigenvalue weighted by Crippen LogP contribution is -2.56.